The third-order valence-corrected chi connectivity index (χ3v) is 3.44. The van der Waals surface area contributed by atoms with Gasteiger partial charge in [-0.3, -0.25) is 16.0 Å². The molecule has 1 rings (SSSR count). The van der Waals surface area contributed by atoms with E-state index < -0.39 is 4.92 Å². The molecule has 94 valence electrons. The number of nitrogens with zero attached hydrogens (tertiary/aromatic N) is 1. The quantitative estimate of drug-likeness (QED) is 0.339. The summed E-state index contributed by atoms with van der Waals surface area (Å²) in [7, 11) is 0. The maximum atomic E-state index is 10.7. The van der Waals surface area contributed by atoms with E-state index in [1.807, 2.05) is 11.8 Å². The van der Waals surface area contributed by atoms with Crippen LogP contribution < -0.4 is 11.3 Å². The highest BCUT2D eigenvalue weighted by Gasteiger charge is 2.12. The molecule has 3 N–H and O–H groups in total. The Morgan fingerprint density at radius 1 is 1.53 bits per heavy atom. The van der Waals surface area contributed by atoms with Crippen molar-refractivity contribution in [1.29, 1.82) is 0 Å². The van der Waals surface area contributed by atoms with Gasteiger partial charge in [-0.05, 0) is 23.8 Å². The SMILES string of the molecule is CCCCSCc1ccc([N+](=O)[O-])c(NN)c1. The fourth-order valence-electron chi connectivity index (χ4n) is 1.38. The molecule has 17 heavy (non-hydrogen) atoms. The molecule has 0 radical (unpaired) electrons. The van der Waals surface area contributed by atoms with Crippen LogP contribution in [0, 0.1) is 10.1 Å². The van der Waals surface area contributed by atoms with Gasteiger partial charge in [0, 0.05) is 11.8 Å². The molecule has 0 aliphatic carbocycles. The Balaban J connectivity index is 2.66. The first-order valence-electron chi connectivity index (χ1n) is 5.50. The van der Waals surface area contributed by atoms with E-state index in [4.69, 9.17) is 5.84 Å². The maximum Gasteiger partial charge on any atom is 0.293 e. The molecular formula is C11H17N3O2S. The van der Waals surface area contributed by atoms with Crippen LogP contribution in [0.15, 0.2) is 18.2 Å². The number of anilines is 1. The summed E-state index contributed by atoms with van der Waals surface area (Å²) in [5.74, 6) is 7.24. The van der Waals surface area contributed by atoms with Crippen molar-refractivity contribution in [2.75, 3.05) is 11.2 Å². The first kappa shape index (κ1) is 13.8. The van der Waals surface area contributed by atoms with E-state index in [2.05, 4.69) is 12.3 Å². The van der Waals surface area contributed by atoms with Crippen molar-refractivity contribution in [1.82, 2.24) is 0 Å². The van der Waals surface area contributed by atoms with Crippen LogP contribution in [0.2, 0.25) is 0 Å². The summed E-state index contributed by atoms with van der Waals surface area (Å²) in [5.41, 5.74) is 3.79. The Bertz CT molecular complexity index is 385. The zero-order valence-corrected chi connectivity index (χ0v) is 10.6. The third kappa shape index (κ3) is 4.24. The summed E-state index contributed by atoms with van der Waals surface area (Å²) in [6, 6.07) is 5.00. The van der Waals surface area contributed by atoms with Crippen LogP contribution in [0.25, 0.3) is 0 Å². The topological polar surface area (TPSA) is 81.2 Å². The second-order valence-electron chi connectivity index (χ2n) is 3.66. The highest BCUT2D eigenvalue weighted by atomic mass is 32.2. The fourth-order valence-corrected chi connectivity index (χ4v) is 2.44. The molecule has 0 saturated carbocycles. The molecule has 0 amide bonds. The Labute approximate surface area is 105 Å². The van der Waals surface area contributed by atoms with Crippen molar-refractivity contribution in [3.63, 3.8) is 0 Å². The minimum Gasteiger partial charge on any atom is -0.318 e. The number of rotatable bonds is 7. The summed E-state index contributed by atoms with van der Waals surface area (Å²) >= 11 is 1.83. The Hall–Kier alpha value is -1.27. The van der Waals surface area contributed by atoms with Gasteiger partial charge in [0.25, 0.3) is 5.69 Å². The number of benzene rings is 1. The van der Waals surface area contributed by atoms with Gasteiger partial charge >= 0.3 is 0 Å². The second-order valence-corrected chi connectivity index (χ2v) is 4.76. The lowest BCUT2D eigenvalue weighted by Crippen LogP contribution is -2.09. The molecule has 0 spiro atoms. The van der Waals surface area contributed by atoms with Crippen molar-refractivity contribution in [3.05, 3.63) is 33.9 Å². The minimum atomic E-state index is -0.441. The zero-order chi connectivity index (χ0) is 12.7. The number of hydrazine groups is 1. The van der Waals surface area contributed by atoms with Crippen LogP contribution in [0.4, 0.5) is 11.4 Å². The summed E-state index contributed by atoms with van der Waals surface area (Å²) in [4.78, 5) is 10.3. The molecule has 0 aliphatic rings. The van der Waals surface area contributed by atoms with Crippen molar-refractivity contribution < 1.29 is 4.92 Å². The molecule has 0 heterocycles. The molecule has 0 aliphatic heterocycles. The van der Waals surface area contributed by atoms with E-state index in [-0.39, 0.29) is 5.69 Å². The number of nitro benzene ring substituents is 1. The van der Waals surface area contributed by atoms with Crippen molar-refractivity contribution in [3.8, 4) is 0 Å². The monoisotopic (exact) mass is 255 g/mol. The molecule has 1 aromatic carbocycles. The molecule has 5 nitrogen and oxygen atoms in total. The molecule has 0 fully saturated rings. The number of unbranched alkanes of at least 4 members (excludes halogenated alkanes) is 1. The molecule has 1 aromatic rings. The number of nitrogens with two attached hydrogens (primary N) is 1. The number of hydrogen-bond donors (Lipinski definition) is 2. The molecule has 0 aromatic heterocycles. The van der Waals surface area contributed by atoms with E-state index in [1.165, 1.54) is 18.9 Å². The second kappa shape index (κ2) is 7.13. The lowest BCUT2D eigenvalue weighted by atomic mass is 10.2. The van der Waals surface area contributed by atoms with Gasteiger partial charge in [0.15, 0.2) is 0 Å². The largest absolute Gasteiger partial charge is 0.318 e. The number of nitrogen functional groups attached to an aromatic ring is 1. The Morgan fingerprint density at radius 3 is 2.88 bits per heavy atom. The predicted octanol–water partition coefficient (Wildman–Crippen LogP) is 2.91. The average Bonchev–Trinajstić information content (AvgIpc) is 2.34. The normalized spacial score (nSPS) is 10.2. The van der Waals surface area contributed by atoms with Crippen LogP contribution in [-0.4, -0.2) is 10.7 Å². The van der Waals surface area contributed by atoms with E-state index in [9.17, 15) is 10.1 Å². The van der Waals surface area contributed by atoms with Gasteiger partial charge in [0.05, 0.1) is 4.92 Å². The molecule has 6 heteroatoms. The summed E-state index contributed by atoms with van der Waals surface area (Å²) in [5, 5.41) is 10.7. The predicted molar refractivity (Wildman–Crippen MR) is 72.0 cm³/mol. The van der Waals surface area contributed by atoms with Crippen LogP contribution in [0.5, 0.6) is 0 Å². The van der Waals surface area contributed by atoms with Crippen LogP contribution in [-0.2, 0) is 5.75 Å². The number of thioether (sulfide) groups is 1. The zero-order valence-electron chi connectivity index (χ0n) is 9.81. The number of nitrogens with one attached hydrogen (secondary N) is 1. The van der Waals surface area contributed by atoms with Gasteiger partial charge in [0.1, 0.15) is 5.69 Å². The first-order chi connectivity index (χ1) is 8.19. The number of hydrogen-bond acceptors (Lipinski definition) is 5. The highest BCUT2D eigenvalue weighted by molar-refractivity contribution is 7.98. The number of nitro groups is 1. The van der Waals surface area contributed by atoms with Gasteiger partial charge in [-0.2, -0.15) is 11.8 Å². The molecule has 0 unspecified atom stereocenters. The average molecular weight is 255 g/mol. The molecular weight excluding hydrogens is 238 g/mol. The van der Waals surface area contributed by atoms with Gasteiger partial charge in [-0.15, -0.1) is 0 Å². The van der Waals surface area contributed by atoms with Gasteiger partial charge in [-0.1, -0.05) is 19.4 Å². The van der Waals surface area contributed by atoms with Gasteiger partial charge in [0.2, 0.25) is 0 Å². The van der Waals surface area contributed by atoms with E-state index >= 15 is 0 Å². The van der Waals surface area contributed by atoms with Gasteiger partial charge < -0.3 is 5.43 Å². The summed E-state index contributed by atoms with van der Waals surface area (Å²) in [6.07, 6.45) is 2.38. The van der Waals surface area contributed by atoms with Gasteiger partial charge in [-0.25, -0.2) is 0 Å². The summed E-state index contributed by atoms with van der Waals surface area (Å²) in [6.45, 7) is 2.16. The Kier molecular flexibility index (Phi) is 5.79. The smallest absolute Gasteiger partial charge is 0.293 e. The lowest BCUT2D eigenvalue weighted by molar-refractivity contribution is -0.384. The lowest BCUT2D eigenvalue weighted by Gasteiger charge is -2.05. The highest BCUT2D eigenvalue weighted by Crippen LogP contribution is 2.26. The van der Waals surface area contributed by atoms with Crippen LogP contribution in [0.3, 0.4) is 0 Å². The first-order valence-corrected chi connectivity index (χ1v) is 6.66. The van der Waals surface area contributed by atoms with E-state index in [0.29, 0.717) is 5.69 Å². The maximum absolute atomic E-state index is 10.7. The molecule has 0 saturated heterocycles. The molecule has 0 bridgehead atoms. The van der Waals surface area contributed by atoms with Crippen molar-refractivity contribution in [2.45, 2.75) is 25.5 Å². The summed E-state index contributed by atoms with van der Waals surface area (Å²) < 4.78 is 0. The van der Waals surface area contributed by atoms with E-state index in [0.717, 1.165) is 17.1 Å². The molecule has 0 atom stereocenters. The minimum absolute atomic E-state index is 0.00908. The van der Waals surface area contributed by atoms with E-state index in [1.54, 1.807) is 12.1 Å². The van der Waals surface area contributed by atoms with Crippen LogP contribution >= 0.6 is 11.8 Å². The standard InChI is InChI=1S/C11H17N3O2S/c1-2-3-6-17-8-9-4-5-11(14(15)16)10(7-9)13-12/h4-5,7,13H,2-3,6,8,12H2,1H3. The fraction of sp³-hybridized carbons (Fsp3) is 0.455. The van der Waals surface area contributed by atoms with Crippen molar-refractivity contribution in [2.24, 2.45) is 5.84 Å². The third-order valence-electron chi connectivity index (χ3n) is 2.32. The van der Waals surface area contributed by atoms with Crippen molar-refractivity contribution >= 4 is 23.1 Å². The van der Waals surface area contributed by atoms with Crippen LogP contribution in [0.1, 0.15) is 25.3 Å². The Morgan fingerprint density at radius 2 is 2.29 bits per heavy atom.